The van der Waals surface area contributed by atoms with E-state index < -0.39 is 22.4 Å². The van der Waals surface area contributed by atoms with Gasteiger partial charge in [-0.2, -0.15) is 0 Å². The molecule has 0 atom stereocenters. The molecule has 6 aliphatic rings. The minimum absolute atomic E-state index is 0.490. The third-order valence-electron chi connectivity index (χ3n) is 10.3. The Hall–Kier alpha value is -5.06. The van der Waals surface area contributed by atoms with Crippen molar-refractivity contribution in [1.29, 1.82) is 0 Å². The molecule has 0 radical (unpaired) electrons. The molecule has 2 aliphatic carbocycles. The predicted molar refractivity (Wildman–Crippen MR) is 229 cm³/mol. The summed E-state index contributed by atoms with van der Waals surface area (Å²) in [5.41, 5.74) is -2.26. The van der Waals surface area contributed by atoms with Gasteiger partial charge >= 0.3 is 0 Å². The number of aromatic nitrogens is 2. The molecule has 0 saturated carbocycles. The van der Waals surface area contributed by atoms with Crippen LogP contribution in [0.25, 0.3) is 0 Å². The van der Waals surface area contributed by atoms with Gasteiger partial charge in [-0.1, -0.05) is 102 Å². The van der Waals surface area contributed by atoms with Crippen molar-refractivity contribution in [1.82, 2.24) is 9.97 Å². The van der Waals surface area contributed by atoms with Gasteiger partial charge in [-0.15, -0.1) is 0 Å². The highest BCUT2D eigenvalue weighted by Crippen LogP contribution is 2.29. The van der Waals surface area contributed by atoms with Crippen LogP contribution in [-0.4, -0.2) is 74.0 Å². The third kappa shape index (κ3) is 12.5. The van der Waals surface area contributed by atoms with Crippen LogP contribution in [0.2, 0.25) is 0 Å². The van der Waals surface area contributed by atoms with E-state index in [1.165, 1.54) is 51.4 Å². The van der Waals surface area contributed by atoms with Gasteiger partial charge in [0.15, 0.2) is 22.4 Å². The number of methoxy groups -OCH3 is 4. The second kappa shape index (κ2) is 21.6. The van der Waals surface area contributed by atoms with Gasteiger partial charge in [0.25, 0.3) is 0 Å². The Balaban J connectivity index is 1.53. The summed E-state index contributed by atoms with van der Waals surface area (Å²) in [4.78, 5) is 9.58. The van der Waals surface area contributed by atoms with Crippen LogP contribution in [0.3, 0.4) is 0 Å². The van der Waals surface area contributed by atoms with Gasteiger partial charge in [-0.25, -0.2) is 9.97 Å². The minimum Gasteiger partial charge on any atom is -0.493 e. The Kier molecular flexibility index (Phi) is 16.4. The molecule has 0 aromatic carbocycles. The number of rotatable bonds is 20. The lowest BCUT2D eigenvalue weighted by Crippen LogP contribution is -2.34. The average molecular weight is 783 g/mol. The van der Waals surface area contributed by atoms with Crippen LogP contribution in [0.15, 0.2) is 72.9 Å². The van der Waals surface area contributed by atoms with Crippen molar-refractivity contribution in [2.75, 3.05) is 41.7 Å². The smallest absolute Gasteiger partial charge is 0.166 e. The number of nitrogens with zero attached hydrogens (tertiary/aromatic N) is 2. The van der Waals surface area contributed by atoms with Crippen molar-refractivity contribution in [3.05, 3.63) is 95.6 Å². The van der Waals surface area contributed by atoms with Crippen molar-refractivity contribution in [2.24, 2.45) is 0 Å². The van der Waals surface area contributed by atoms with Crippen LogP contribution in [-0.2, 0) is 18.9 Å². The molecule has 2 aromatic heterocycles. The number of unbranched alkanes of at least 4 members (excludes halogenated alkanes) is 10. The maximum Gasteiger partial charge on any atom is 0.166 e. The molecule has 8 rings (SSSR count). The average Bonchev–Trinajstić information content (AvgIpc) is 3.26. The van der Waals surface area contributed by atoms with Gasteiger partial charge in [0.2, 0.25) is 0 Å². The van der Waals surface area contributed by atoms with E-state index in [4.69, 9.17) is 38.4 Å². The monoisotopic (exact) mass is 782 g/mol. The van der Waals surface area contributed by atoms with E-state index in [-0.39, 0.29) is 0 Å². The van der Waals surface area contributed by atoms with E-state index in [2.05, 4.69) is 61.2 Å². The van der Waals surface area contributed by atoms with Crippen LogP contribution >= 0.6 is 0 Å². The van der Waals surface area contributed by atoms with Gasteiger partial charge in [0, 0.05) is 52.7 Å². The predicted octanol–water partition coefficient (Wildman–Crippen LogP) is 8.87. The first-order chi connectivity index (χ1) is 28.2. The van der Waals surface area contributed by atoms with E-state index in [1.54, 1.807) is 28.4 Å². The summed E-state index contributed by atoms with van der Waals surface area (Å²) in [6, 6.07) is 7.35. The fraction of sp³-hybridized carbons (Fsp3) is 0.480. The molecule has 0 unspecified atom stereocenters. The highest BCUT2D eigenvalue weighted by atomic mass is 16.5. The lowest BCUT2D eigenvalue weighted by molar-refractivity contribution is 0.0953. The Morgan fingerprint density at radius 3 is 0.914 bits per heavy atom. The number of hydrogen-bond donors (Lipinski definition) is 0. The lowest BCUT2D eigenvalue weighted by atomic mass is 9.89. The summed E-state index contributed by atoms with van der Waals surface area (Å²) in [6.07, 6.45) is 28.8. The maximum absolute atomic E-state index is 6.23. The van der Waals surface area contributed by atoms with Crippen LogP contribution in [0.5, 0.6) is 11.5 Å². The van der Waals surface area contributed by atoms with Gasteiger partial charge in [0.05, 0.1) is 13.2 Å². The summed E-state index contributed by atoms with van der Waals surface area (Å²) >= 11 is 0. The van der Waals surface area contributed by atoms with Crippen molar-refractivity contribution in [3.63, 3.8) is 0 Å². The van der Waals surface area contributed by atoms with Gasteiger partial charge in [-0.05, 0) is 85.1 Å². The lowest BCUT2D eigenvalue weighted by Gasteiger charge is -2.29. The van der Waals surface area contributed by atoms with Crippen LogP contribution in [0, 0.1) is 47.4 Å². The first kappa shape index (κ1) is 44.1. The highest BCUT2D eigenvalue weighted by molar-refractivity contribution is 5.52. The largest absolute Gasteiger partial charge is 0.493 e. The molecular weight excluding hydrogens is 725 g/mol. The summed E-state index contributed by atoms with van der Waals surface area (Å²) in [6.45, 7) is 5.62. The standard InChI is InChI=1S/C50H58N2O6/c1-7-9-11-13-15-17-35-57-45-37-41-19-23-47(53-3)27-31-49(55-5,32-28-47)25-21-43-39-46(58-36-18-16-14-12-10-8-2)40-44(52-43)22-26-50(56-6)33-29-48(54-4,30-34-50)24-20-42(38-45)51-41/h27-34,37-40H,7-18,35-36H2,1-6H3. The molecule has 0 fully saturated rings. The van der Waals surface area contributed by atoms with E-state index in [0.29, 0.717) is 47.5 Å². The van der Waals surface area contributed by atoms with Crippen LogP contribution in [0.1, 0.15) is 114 Å². The number of pyridine rings is 2. The second-order valence-corrected chi connectivity index (χ2v) is 14.7. The van der Waals surface area contributed by atoms with E-state index >= 15 is 0 Å². The Morgan fingerprint density at radius 2 is 0.655 bits per heavy atom. The molecule has 2 aromatic rings. The molecule has 0 spiro atoms. The second-order valence-electron chi connectivity index (χ2n) is 14.7. The zero-order chi connectivity index (χ0) is 41.2. The van der Waals surface area contributed by atoms with Gasteiger partial charge in [-0.3, -0.25) is 0 Å². The minimum atomic E-state index is -1.06. The van der Waals surface area contributed by atoms with E-state index in [0.717, 1.165) is 25.7 Å². The fourth-order valence-corrected chi connectivity index (χ4v) is 6.52. The Labute approximate surface area is 346 Å². The van der Waals surface area contributed by atoms with Crippen molar-refractivity contribution >= 4 is 0 Å². The summed E-state index contributed by atoms with van der Waals surface area (Å²) in [5, 5.41) is 0. The normalized spacial score (nSPS) is 23.6. The Morgan fingerprint density at radius 1 is 0.397 bits per heavy atom. The summed E-state index contributed by atoms with van der Waals surface area (Å²) in [7, 11) is 6.44. The Bertz CT molecular complexity index is 1790. The zero-order valence-electron chi connectivity index (χ0n) is 35.2. The van der Waals surface area contributed by atoms with Crippen molar-refractivity contribution in [3.8, 4) is 58.9 Å². The van der Waals surface area contributed by atoms with Gasteiger partial charge in [0.1, 0.15) is 34.3 Å². The molecule has 0 saturated heterocycles. The quantitative estimate of drug-likeness (QED) is 0.0749. The first-order valence-corrected chi connectivity index (χ1v) is 20.7. The maximum atomic E-state index is 6.23. The summed E-state index contributed by atoms with van der Waals surface area (Å²) in [5.74, 6) is 27.2. The zero-order valence-corrected chi connectivity index (χ0v) is 35.2. The molecule has 8 bridgehead atoms. The fourth-order valence-electron chi connectivity index (χ4n) is 6.52. The highest BCUT2D eigenvalue weighted by Gasteiger charge is 2.33. The molecule has 58 heavy (non-hydrogen) atoms. The SMILES string of the molecule is CCCCCCCCOc1cc2nc(c1)C#CC1(OC)C=CC(OC)(C#Cc3cc(OCCCCCCCC)cc(n3)C#CC3(OC)C=CC(OC)(C#C2)C=C3)C=C1. The summed E-state index contributed by atoms with van der Waals surface area (Å²) < 4.78 is 36.3. The van der Waals surface area contributed by atoms with Crippen molar-refractivity contribution < 1.29 is 28.4 Å². The molecule has 8 heteroatoms. The molecule has 8 nitrogen and oxygen atoms in total. The van der Waals surface area contributed by atoms with Crippen LogP contribution in [0.4, 0.5) is 0 Å². The molecular formula is C50H58N2O6. The van der Waals surface area contributed by atoms with Gasteiger partial charge < -0.3 is 28.4 Å². The molecule has 304 valence electrons. The first-order valence-electron chi connectivity index (χ1n) is 20.7. The molecule has 4 aliphatic heterocycles. The molecule has 0 N–H and O–H groups in total. The third-order valence-corrected chi connectivity index (χ3v) is 10.3. The molecule has 0 amide bonds. The molecule has 6 heterocycles. The number of hydrogen-bond acceptors (Lipinski definition) is 8. The van der Waals surface area contributed by atoms with E-state index in [9.17, 15) is 0 Å². The topological polar surface area (TPSA) is 81.2 Å². The number of ether oxygens (including phenoxy) is 6. The van der Waals surface area contributed by atoms with Crippen LogP contribution < -0.4 is 9.47 Å². The van der Waals surface area contributed by atoms with E-state index in [1.807, 2.05) is 72.9 Å². The van der Waals surface area contributed by atoms with Crippen molar-refractivity contribution in [2.45, 2.75) is 113 Å².